The molecule has 0 spiro atoms. The summed E-state index contributed by atoms with van der Waals surface area (Å²) in [5, 5.41) is 5.91. The van der Waals surface area contributed by atoms with E-state index in [1.807, 2.05) is 0 Å². The monoisotopic (exact) mass is 384 g/mol. The molecule has 1 atom stereocenters. The van der Waals surface area contributed by atoms with Gasteiger partial charge >= 0.3 is 0 Å². The molecule has 150 valence electrons. The van der Waals surface area contributed by atoms with Crippen molar-refractivity contribution < 1.29 is 19.1 Å². The molecule has 28 heavy (non-hydrogen) atoms. The predicted molar refractivity (Wildman–Crippen MR) is 103 cm³/mol. The molecule has 0 unspecified atom stereocenters. The summed E-state index contributed by atoms with van der Waals surface area (Å²) in [4.78, 5) is 24.9. The fourth-order valence-electron chi connectivity index (χ4n) is 6.45. The smallest absolute Gasteiger partial charge is 0.251 e. The highest BCUT2D eigenvalue weighted by Gasteiger charge is 2.53. The molecule has 0 aromatic heterocycles. The minimum Gasteiger partial charge on any atom is -0.454 e. The van der Waals surface area contributed by atoms with Gasteiger partial charge in [-0.1, -0.05) is 0 Å². The molecule has 6 rings (SSSR count). The first kappa shape index (κ1) is 17.8. The summed E-state index contributed by atoms with van der Waals surface area (Å²) < 4.78 is 10.6. The molecule has 2 N–H and O–H groups in total. The fraction of sp³-hybridized carbons (Fsp3) is 0.636. The number of ether oxygens (including phenoxy) is 2. The third kappa shape index (κ3) is 3.12. The number of amides is 2. The van der Waals surface area contributed by atoms with E-state index < -0.39 is 0 Å². The average molecular weight is 384 g/mol. The molecule has 4 fully saturated rings. The second-order valence-electron chi connectivity index (χ2n) is 9.32. The first-order valence-electron chi connectivity index (χ1n) is 10.5. The molecule has 0 radical (unpaired) electrons. The van der Waals surface area contributed by atoms with Crippen LogP contribution in [0.3, 0.4) is 0 Å². The molecule has 1 aliphatic heterocycles. The van der Waals surface area contributed by atoms with E-state index in [0.717, 1.165) is 17.8 Å². The van der Waals surface area contributed by atoms with Crippen molar-refractivity contribution in [2.45, 2.75) is 51.5 Å². The highest BCUT2D eigenvalue weighted by atomic mass is 16.7. The Balaban J connectivity index is 1.16. The summed E-state index contributed by atoms with van der Waals surface area (Å²) in [5.74, 6) is 3.38. The Bertz CT molecular complexity index is 770. The molecule has 5 aliphatic rings. The highest BCUT2D eigenvalue weighted by Crippen LogP contribution is 2.61. The van der Waals surface area contributed by atoms with Gasteiger partial charge in [-0.25, -0.2) is 0 Å². The zero-order chi connectivity index (χ0) is 19.3. The van der Waals surface area contributed by atoms with Crippen LogP contribution in [-0.4, -0.2) is 31.2 Å². The van der Waals surface area contributed by atoms with Crippen molar-refractivity contribution in [2.75, 3.05) is 13.3 Å². The molecular weight excluding hydrogens is 356 g/mol. The Morgan fingerprint density at radius 3 is 2.39 bits per heavy atom. The van der Waals surface area contributed by atoms with E-state index in [9.17, 15) is 9.59 Å². The van der Waals surface area contributed by atoms with Crippen molar-refractivity contribution in [1.82, 2.24) is 10.6 Å². The molecule has 1 aromatic carbocycles. The lowest BCUT2D eigenvalue weighted by molar-refractivity contribution is -0.124. The molecule has 4 bridgehead atoms. The maximum atomic E-state index is 12.5. The first-order valence-corrected chi connectivity index (χ1v) is 10.5. The van der Waals surface area contributed by atoms with E-state index >= 15 is 0 Å². The zero-order valence-corrected chi connectivity index (χ0v) is 16.3. The summed E-state index contributed by atoms with van der Waals surface area (Å²) >= 11 is 0. The average Bonchev–Trinajstić information content (AvgIpc) is 3.12. The third-order valence-corrected chi connectivity index (χ3v) is 7.43. The molecular formula is C22H28N2O4. The van der Waals surface area contributed by atoms with Gasteiger partial charge < -0.3 is 20.1 Å². The second-order valence-corrected chi connectivity index (χ2v) is 9.32. The quantitative estimate of drug-likeness (QED) is 0.818. The van der Waals surface area contributed by atoms with Gasteiger partial charge in [-0.05, 0) is 86.8 Å². The SMILES string of the molecule is C[C@@H](NC(=O)CNC(=O)c1ccc2c(c1)OCO2)C12CC3CC(CC(C3)C1)C2. The number of hydrogen-bond donors (Lipinski definition) is 2. The van der Waals surface area contributed by atoms with E-state index in [1.54, 1.807) is 18.2 Å². The van der Waals surface area contributed by atoms with Crippen LogP contribution in [-0.2, 0) is 4.79 Å². The van der Waals surface area contributed by atoms with Gasteiger partial charge in [0.25, 0.3) is 5.91 Å². The Labute approximate surface area is 165 Å². The lowest BCUT2D eigenvalue weighted by Crippen LogP contribution is -2.56. The van der Waals surface area contributed by atoms with E-state index in [0.29, 0.717) is 17.1 Å². The minimum atomic E-state index is -0.282. The van der Waals surface area contributed by atoms with E-state index in [2.05, 4.69) is 17.6 Å². The van der Waals surface area contributed by atoms with Crippen molar-refractivity contribution >= 4 is 11.8 Å². The lowest BCUT2D eigenvalue weighted by atomic mass is 9.48. The van der Waals surface area contributed by atoms with Gasteiger partial charge in [-0.15, -0.1) is 0 Å². The highest BCUT2D eigenvalue weighted by molar-refractivity contribution is 5.97. The van der Waals surface area contributed by atoms with Crippen molar-refractivity contribution in [3.8, 4) is 11.5 Å². The maximum Gasteiger partial charge on any atom is 0.251 e. The molecule has 4 aliphatic carbocycles. The maximum absolute atomic E-state index is 12.5. The van der Waals surface area contributed by atoms with Crippen LogP contribution in [0, 0.1) is 23.2 Å². The summed E-state index contributed by atoms with van der Waals surface area (Å²) in [6.45, 7) is 2.32. The normalized spacial score (nSPS) is 32.8. The summed E-state index contributed by atoms with van der Waals surface area (Å²) in [6, 6.07) is 5.20. The number of carbonyl (C=O) groups excluding carboxylic acids is 2. The minimum absolute atomic E-state index is 0.00994. The van der Waals surface area contributed by atoms with Crippen LogP contribution in [0.1, 0.15) is 55.8 Å². The summed E-state index contributed by atoms with van der Waals surface area (Å²) in [5.41, 5.74) is 0.734. The second kappa shape index (κ2) is 6.68. The standard InChI is InChI=1S/C22H28N2O4/c1-13(22-8-14-4-15(9-22)6-16(5-14)10-22)24-20(25)11-23-21(26)17-2-3-18-19(7-17)28-12-27-18/h2-3,7,13-16H,4-6,8-12H2,1H3,(H,23,26)(H,24,25)/t13-,14?,15?,16?,22?/m1/s1. The fourth-order valence-corrected chi connectivity index (χ4v) is 6.45. The van der Waals surface area contributed by atoms with Gasteiger partial charge in [-0.3, -0.25) is 9.59 Å². The summed E-state index contributed by atoms with van der Waals surface area (Å²) in [7, 11) is 0. The summed E-state index contributed by atoms with van der Waals surface area (Å²) in [6.07, 6.45) is 7.94. The molecule has 1 heterocycles. The van der Waals surface area contributed by atoms with Crippen LogP contribution in [0.5, 0.6) is 11.5 Å². The number of benzene rings is 1. The number of fused-ring (bicyclic) bond motifs is 1. The van der Waals surface area contributed by atoms with Gasteiger partial charge in [0.05, 0.1) is 6.54 Å². The van der Waals surface area contributed by atoms with Crippen LogP contribution in [0.2, 0.25) is 0 Å². The van der Waals surface area contributed by atoms with Gasteiger partial charge in [0, 0.05) is 11.6 Å². The Morgan fingerprint density at radius 1 is 1.07 bits per heavy atom. The van der Waals surface area contributed by atoms with Crippen LogP contribution in [0.15, 0.2) is 18.2 Å². The van der Waals surface area contributed by atoms with Gasteiger partial charge in [0.2, 0.25) is 12.7 Å². The van der Waals surface area contributed by atoms with Crippen LogP contribution in [0.25, 0.3) is 0 Å². The van der Waals surface area contributed by atoms with Crippen molar-refractivity contribution in [3.05, 3.63) is 23.8 Å². The molecule has 1 aromatic rings. The topological polar surface area (TPSA) is 76.7 Å². The van der Waals surface area contributed by atoms with Crippen molar-refractivity contribution in [3.63, 3.8) is 0 Å². The van der Waals surface area contributed by atoms with Crippen LogP contribution >= 0.6 is 0 Å². The van der Waals surface area contributed by atoms with E-state index in [-0.39, 0.29) is 36.6 Å². The van der Waals surface area contributed by atoms with Gasteiger partial charge in [-0.2, -0.15) is 0 Å². The van der Waals surface area contributed by atoms with Crippen LogP contribution < -0.4 is 20.1 Å². The van der Waals surface area contributed by atoms with E-state index in [1.165, 1.54) is 38.5 Å². The Hall–Kier alpha value is -2.24. The largest absolute Gasteiger partial charge is 0.454 e. The van der Waals surface area contributed by atoms with Gasteiger partial charge in [0.1, 0.15) is 0 Å². The Morgan fingerprint density at radius 2 is 1.71 bits per heavy atom. The predicted octanol–water partition coefficient (Wildman–Crippen LogP) is 2.87. The van der Waals surface area contributed by atoms with E-state index in [4.69, 9.17) is 9.47 Å². The zero-order valence-electron chi connectivity index (χ0n) is 16.3. The van der Waals surface area contributed by atoms with Crippen LogP contribution in [0.4, 0.5) is 0 Å². The first-order chi connectivity index (χ1) is 13.5. The number of nitrogens with one attached hydrogen (secondary N) is 2. The van der Waals surface area contributed by atoms with Crippen molar-refractivity contribution in [1.29, 1.82) is 0 Å². The number of rotatable bonds is 5. The van der Waals surface area contributed by atoms with Crippen molar-refractivity contribution in [2.24, 2.45) is 23.2 Å². The molecule has 0 saturated heterocycles. The molecule has 4 saturated carbocycles. The molecule has 2 amide bonds. The number of carbonyl (C=O) groups is 2. The number of hydrogen-bond acceptors (Lipinski definition) is 4. The Kier molecular flexibility index (Phi) is 4.25. The molecule has 6 heteroatoms. The molecule has 6 nitrogen and oxygen atoms in total. The lowest BCUT2D eigenvalue weighted by Gasteiger charge is -2.59. The van der Waals surface area contributed by atoms with Gasteiger partial charge in [0.15, 0.2) is 11.5 Å². The third-order valence-electron chi connectivity index (χ3n) is 7.43.